The van der Waals surface area contributed by atoms with Crippen LogP contribution in [0.5, 0.6) is 0 Å². The predicted octanol–water partition coefficient (Wildman–Crippen LogP) is 13.7. The number of hydrogen-bond acceptors (Lipinski definition) is 1. The number of rotatable bonds is 5. The monoisotopic (exact) mass is 726 g/mol. The fourth-order valence-electron chi connectivity index (χ4n) is 9.15. The lowest BCUT2D eigenvalue weighted by atomic mass is 10.0. The molecule has 0 atom stereocenters. The summed E-state index contributed by atoms with van der Waals surface area (Å²) in [6, 6.07) is 74.2. The topological polar surface area (TPSA) is 27.7 Å². The maximum atomic E-state index is 5.43. The lowest BCUT2D eigenvalue weighted by molar-refractivity contribution is 1.14. The highest BCUT2D eigenvalue weighted by Crippen LogP contribution is 2.43. The van der Waals surface area contributed by atoms with Crippen molar-refractivity contribution in [3.05, 3.63) is 206 Å². The second kappa shape index (κ2) is 12.4. The Hall–Kier alpha value is -7.69. The maximum absolute atomic E-state index is 5.43. The third kappa shape index (κ3) is 4.77. The second-order valence-corrected chi connectivity index (χ2v) is 14.8. The molecule has 0 aliphatic heterocycles. The molecule has 12 aromatic rings. The van der Waals surface area contributed by atoms with E-state index in [-0.39, 0.29) is 0 Å². The van der Waals surface area contributed by atoms with E-state index in [0.29, 0.717) is 0 Å². The van der Waals surface area contributed by atoms with Crippen LogP contribution in [-0.2, 0) is 0 Å². The van der Waals surface area contributed by atoms with Crippen molar-refractivity contribution in [3.8, 4) is 39.6 Å². The molecule has 12 rings (SSSR count). The molecule has 4 heterocycles. The van der Waals surface area contributed by atoms with Gasteiger partial charge in [0.2, 0.25) is 0 Å². The van der Waals surface area contributed by atoms with Gasteiger partial charge in [-0.3, -0.25) is 0 Å². The minimum atomic E-state index is 0.923. The number of fused-ring (bicyclic) bond motifs is 10. The predicted molar refractivity (Wildman–Crippen MR) is 238 cm³/mol. The van der Waals surface area contributed by atoms with Crippen LogP contribution in [-0.4, -0.2) is 18.7 Å². The number of benzene rings is 8. The molecule has 57 heavy (non-hydrogen) atoms. The Morgan fingerprint density at radius 2 is 0.684 bits per heavy atom. The van der Waals surface area contributed by atoms with Crippen LogP contribution in [0.3, 0.4) is 0 Å². The maximum Gasteiger partial charge on any atom is 0.0788 e. The molecule has 8 aromatic carbocycles. The average molecular weight is 727 g/mol. The van der Waals surface area contributed by atoms with Crippen molar-refractivity contribution in [2.45, 2.75) is 0 Å². The molecular weight excluding hydrogens is 693 g/mol. The highest BCUT2D eigenvalue weighted by Gasteiger charge is 2.22. The molecule has 4 heteroatoms. The summed E-state index contributed by atoms with van der Waals surface area (Å²) in [6.07, 6.45) is 0. The highest BCUT2D eigenvalue weighted by molar-refractivity contribution is 6.24. The van der Waals surface area contributed by atoms with Gasteiger partial charge in [0.25, 0.3) is 0 Å². The average Bonchev–Trinajstić information content (AvgIpc) is 3.93. The van der Waals surface area contributed by atoms with Gasteiger partial charge in [-0.1, -0.05) is 140 Å². The van der Waals surface area contributed by atoms with E-state index in [4.69, 9.17) is 4.98 Å². The third-order valence-corrected chi connectivity index (χ3v) is 11.6. The van der Waals surface area contributed by atoms with E-state index in [1.807, 2.05) is 0 Å². The van der Waals surface area contributed by atoms with Crippen molar-refractivity contribution in [2.75, 3.05) is 0 Å². The van der Waals surface area contributed by atoms with Crippen molar-refractivity contribution in [1.29, 1.82) is 0 Å². The van der Waals surface area contributed by atoms with Crippen LogP contribution in [0.1, 0.15) is 0 Å². The van der Waals surface area contributed by atoms with E-state index in [1.54, 1.807) is 0 Å². The fourth-order valence-corrected chi connectivity index (χ4v) is 9.15. The molecule has 0 aliphatic carbocycles. The van der Waals surface area contributed by atoms with Gasteiger partial charge in [0.05, 0.1) is 50.2 Å². The summed E-state index contributed by atoms with van der Waals surface area (Å²) in [6.45, 7) is 0. The van der Waals surface area contributed by atoms with Gasteiger partial charge in [-0.25, -0.2) is 4.98 Å². The molecule has 0 bridgehead atoms. The Labute approximate surface area is 328 Å². The molecule has 4 aromatic heterocycles. The summed E-state index contributed by atoms with van der Waals surface area (Å²) in [7, 11) is 0. The third-order valence-electron chi connectivity index (χ3n) is 11.6. The first kappa shape index (κ1) is 31.6. The molecule has 0 saturated carbocycles. The smallest absolute Gasteiger partial charge is 0.0788 e. The lowest BCUT2D eigenvalue weighted by Crippen LogP contribution is -2.00. The fraction of sp³-hybridized carbons (Fsp3) is 0. The molecular formula is C53H34N4. The van der Waals surface area contributed by atoms with Crippen molar-refractivity contribution in [3.63, 3.8) is 0 Å². The molecule has 0 saturated heterocycles. The second-order valence-electron chi connectivity index (χ2n) is 14.8. The molecule has 4 nitrogen and oxygen atoms in total. The SMILES string of the molecule is c1ccc(-c2cc(-n3c4ccccc4c4ccc5c6ccccc6n(-c6ccccc6)c5c43)cc(-c3ccc4c(c3)c3ccccc3n4-c3ccccc3)n2)cc1. The molecule has 0 unspecified atom stereocenters. The zero-order valence-corrected chi connectivity index (χ0v) is 30.9. The summed E-state index contributed by atoms with van der Waals surface area (Å²) >= 11 is 0. The summed E-state index contributed by atoms with van der Waals surface area (Å²) in [4.78, 5) is 5.43. The van der Waals surface area contributed by atoms with E-state index < -0.39 is 0 Å². The zero-order valence-electron chi connectivity index (χ0n) is 30.9. The van der Waals surface area contributed by atoms with Crippen molar-refractivity contribution >= 4 is 65.4 Å². The van der Waals surface area contributed by atoms with Gasteiger partial charge < -0.3 is 13.7 Å². The van der Waals surface area contributed by atoms with Gasteiger partial charge in [0, 0.05) is 54.8 Å². The van der Waals surface area contributed by atoms with Gasteiger partial charge in [0.1, 0.15) is 0 Å². The minimum absolute atomic E-state index is 0.923. The van der Waals surface area contributed by atoms with Crippen molar-refractivity contribution in [2.24, 2.45) is 0 Å². The molecule has 266 valence electrons. The number of hydrogen-bond donors (Lipinski definition) is 0. The van der Waals surface area contributed by atoms with Crippen molar-refractivity contribution in [1.82, 2.24) is 18.7 Å². The Morgan fingerprint density at radius 3 is 1.26 bits per heavy atom. The van der Waals surface area contributed by atoms with Crippen LogP contribution in [0.4, 0.5) is 0 Å². The van der Waals surface area contributed by atoms with Crippen LogP contribution in [0.15, 0.2) is 206 Å². The van der Waals surface area contributed by atoms with Crippen molar-refractivity contribution < 1.29 is 0 Å². The summed E-state index contributed by atoms with van der Waals surface area (Å²) in [5.74, 6) is 0. The summed E-state index contributed by atoms with van der Waals surface area (Å²) in [5.41, 5.74) is 14.4. The Morgan fingerprint density at radius 1 is 0.263 bits per heavy atom. The lowest BCUT2D eigenvalue weighted by Gasteiger charge is -2.15. The van der Waals surface area contributed by atoms with Crippen LogP contribution in [0, 0.1) is 0 Å². The largest absolute Gasteiger partial charge is 0.309 e. The van der Waals surface area contributed by atoms with E-state index in [0.717, 1.165) is 45.1 Å². The molecule has 0 N–H and O–H groups in total. The number of pyridine rings is 1. The van der Waals surface area contributed by atoms with Crippen LogP contribution in [0.25, 0.3) is 105 Å². The van der Waals surface area contributed by atoms with E-state index >= 15 is 0 Å². The Bertz CT molecular complexity index is 3500. The standard InChI is InChI=1S/C53H34N4/c1-4-16-35(17-5-1)46-33-39(34-47(54-46)36-28-31-51-45(32-36)42-24-12-13-25-48(42)55(51)37-18-6-2-7-19-37)57-50-27-15-11-23-41(50)44-30-29-43-40-22-10-14-26-49(40)56(52(43)53(44)57)38-20-8-3-9-21-38/h1-34H. The van der Waals surface area contributed by atoms with Crippen LogP contribution < -0.4 is 0 Å². The molecule has 0 spiro atoms. The summed E-state index contributed by atoms with van der Waals surface area (Å²) < 4.78 is 7.28. The van der Waals surface area contributed by atoms with E-state index in [1.165, 1.54) is 59.9 Å². The quantitative estimate of drug-likeness (QED) is 0.174. The number of para-hydroxylation sites is 5. The Kier molecular flexibility index (Phi) is 6.89. The van der Waals surface area contributed by atoms with Gasteiger partial charge in [-0.2, -0.15) is 0 Å². The van der Waals surface area contributed by atoms with Gasteiger partial charge >= 0.3 is 0 Å². The van der Waals surface area contributed by atoms with Gasteiger partial charge in [0.15, 0.2) is 0 Å². The summed E-state index contributed by atoms with van der Waals surface area (Å²) in [5, 5.41) is 7.31. The van der Waals surface area contributed by atoms with Crippen LogP contribution >= 0.6 is 0 Å². The molecule has 0 fully saturated rings. The number of nitrogens with zero attached hydrogens (tertiary/aromatic N) is 4. The zero-order chi connectivity index (χ0) is 37.5. The molecule has 0 aliphatic rings. The van der Waals surface area contributed by atoms with Crippen LogP contribution in [0.2, 0.25) is 0 Å². The van der Waals surface area contributed by atoms with Gasteiger partial charge in [-0.15, -0.1) is 0 Å². The molecule has 0 amide bonds. The number of aromatic nitrogens is 4. The first-order chi connectivity index (χ1) is 28.3. The normalized spacial score (nSPS) is 11.9. The first-order valence-corrected chi connectivity index (χ1v) is 19.5. The van der Waals surface area contributed by atoms with E-state index in [9.17, 15) is 0 Å². The van der Waals surface area contributed by atoms with E-state index in [2.05, 4.69) is 220 Å². The highest BCUT2D eigenvalue weighted by atomic mass is 15.0. The first-order valence-electron chi connectivity index (χ1n) is 19.5. The molecule has 0 radical (unpaired) electrons. The minimum Gasteiger partial charge on any atom is -0.309 e. The Balaban J connectivity index is 1.18. The van der Waals surface area contributed by atoms with Gasteiger partial charge in [-0.05, 0) is 66.7 Å².